The highest BCUT2D eigenvalue weighted by atomic mass is 16.6. The molecule has 0 bridgehead atoms. The first kappa shape index (κ1) is 16.7. The number of hydrogen-bond donors (Lipinski definition) is 2. The fourth-order valence-corrected chi connectivity index (χ4v) is 1.77. The van der Waals surface area contributed by atoms with E-state index in [-0.39, 0.29) is 17.9 Å². The van der Waals surface area contributed by atoms with Gasteiger partial charge in [-0.3, -0.25) is 4.79 Å². The zero-order chi connectivity index (χ0) is 15.8. The van der Waals surface area contributed by atoms with Crippen LogP contribution < -0.4 is 5.32 Å². The highest BCUT2D eigenvalue weighted by Gasteiger charge is 2.23. The van der Waals surface area contributed by atoms with Gasteiger partial charge in [0.2, 0.25) is 0 Å². The summed E-state index contributed by atoms with van der Waals surface area (Å²) in [5, 5.41) is 11.3. The van der Waals surface area contributed by atoms with Crippen molar-refractivity contribution in [3.05, 3.63) is 35.9 Å². The van der Waals surface area contributed by atoms with Crippen LogP contribution in [0.5, 0.6) is 0 Å². The van der Waals surface area contributed by atoms with Gasteiger partial charge in [0, 0.05) is 6.04 Å². The van der Waals surface area contributed by atoms with Crippen LogP contribution in [0.25, 0.3) is 0 Å². The SMILES string of the molecule is CC[C@H](C)[C@@H](CC(=O)O)NC(=O)OC(=O)c1ccccc1. The van der Waals surface area contributed by atoms with E-state index in [2.05, 4.69) is 10.1 Å². The van der Waals surface area contributed by atoms with Crippen LogP contribution >= 0.6 is 0 Å². The molecular formula is C15H19NO5. The van der Waals surface area contributed by atoms with E-state index >= 15 is 0 Å². The Morgan fingerprint density at radius 3 is 2.38 bits per heavy atom. The molecule has 0 fully saturated rings. The molecule has 0 radical (unpaired) electrons. The van der Waals surface area contributed by atoms with Crippen molar-refractivity contribution < 1.29 is 24.2 Å². The lowest BCUT2D eigenvalue weighted by Gasteiger charge is -2.21. The molecule has 2 atom stereocenters. The minimum Gasteiger partial charge on any atom is -0.481 e. The first-order chi connectivity index (χ1) is 9.93. The number of carboxylic acid groups (broad SMARTS) is 1. The molecule has 6 heteroatoms. The molecule has 114 valence electrons. The molecule has 0 saturated heterocycles. The molecule has 0 aromatic heterocycles. The van der Waals surface area contributed by atoms with Gasteiger partial charge in [0.1, 0.15) is 0 Å². The molecule has 0 heterocycles. The first-order valence-corrected chi connectivity index (χ1v) is 6.73. The molecule has 0 saturated carbocycles. The van der Waals surface area contributed by atoms with Crippen molar-refractivity contribution in [2.75, 3.05) is 0 Å². The van der Waals surface area contributed by atoms with Gasteiger partial charge in [-0.2, -0.15) is 0 Å². The van der Waals surface area contributed by atoms with Crippen LogP contribution in [0.15, 0.2) is 30.3 Å². The summed E-state index contributed by atoms with van der Waals surface area (Å²) < 4.78 is 4.66. The Balaban J connectivity index is 2.61. The third kappa shape index (κ3) is 5.64. The minimum atomic E-state index is -1.02. The van der Waals surface area contributed by atoms with Crippen LogP contribution in [-0.4, -0.2) is 29.2 Å². The maximum Gasteiger partial charge on any atom is 0.415 e. The molecule has 0 aliphatic carbocycles. The molecule has 2 N–H and O–H groups in total. The zero-order valence-electron chi connectivity index (χ0n) is 12.0. The number of benzene rings is 1. The number of alkyl carbamates (subject to hydrolysis) is 1. The lowest BCUT2D eigenvalue weighted by Crippen LogP contribution is -2.41. The smallest absolute Gasteiger partial charge is 0.415 e. The number of hydrogen-bond acceptors (Lipinski definition) is 4. The van der Waals surface area contributed by atoms with Gasteiger partial charge < -0.3 is 15.2 Å². The summed E-state index contributed by atoms with van der Waals surface area (Å²) in [6, 6.07) is 7.52. The maximum atomic E-state index is 11.7. The first-order valence-electron chi connectivity index (χ1n) is 6.73. The van der Waals surface area contributed by atoms with E-state index in [4.69, 9.17) is 5.11 Å². The van der Waals surface area contributed by atoms with Gasteiger partial charge in [0.25, 0.3) is 0 Å². The van der Waals surface area contributed by atoms with Gasteiger partial charge >= 0.3 is 18.0 Å². The van der Waals surface area contributed by atoms with Crippen LogP contribution in [0, 0.1) is 5.92 Å². The molecule has 0 unspecified atom stereocenters. The van der Waals surface area contributed by atoms with Crippen molar-refractivity contribution in [1.82, 2.24) is 5.32 Å². The Bertz CT molecular complexity index is 500. The van der Waals surface area contributed by atoms with Gasteiger partial charge in [-0.15, -0.1) is 0 Å². The molecule has 6 nitrogen and oxygen atoms in total. The molecule has 0 aliphatic heterocycles. The molecule has 0 spiro atoms. The number of amides is 1. The van der Waals surface area contributed by atoms with E-state index in [1.165, 1.54) is 12.1 Å². The number of aliphatic carboxylic acids is 1. The number of carboxylic acids is 1. The Labute approximate surface area is 123 Å². The average molecular weight is 293 g/mol. The maximum absolute atomic E-state index is 11.7. The van der Waals surface area contributed by atoms with Crippen molar-refractivity contribution in [2.24, 2.45) is 5.92 Å². The highest BCUT2D eigenvalue weighted by Crippen LogP contribution is 2.12. The Kier molecular flexibility index (Phi) is 6.39. The second kappa shape index (κ2) is 8.04. The van der Waals surface area contributed by atoms with Crippen molar-refractivity contribution in [2.45, 2.75) is 32.7 Å². The predicted molar refractivity (Wildman–Crippen MR) is 75.9 cm³/mol. The van der Waals surface area contributed by atoms with E-state index in [1.54, 1.807) is 18.2 Å². The average Bonchev–Trinajstić information content (AvgIpc) is 2.46. The molecule has 0 aliphatic rings. The third-order valence-electron chi connectivity index (χ3n) is 3.22. The van der Waals surface area contributed by atoms with Crippen LogP contribution in [0.1, 0.15) is 37.0 Å². The number of rotatable bonds is 6. The van der Waals surface area contributed by atoms with Crippen LogP contribution in [0.2, 0.25) is 0 Å². The summed E-state index contributed by atoms with van der Waals surface area (Å²) in [5.74, 6) is -1.83. The summed E-state index contributed by atoms with van der Waals surface area (Å²) in [6.45, 7) is 3.72. The van der Waals surface area contributed by atoms with E-state index in [1.807, 2.05) is 13.8 Å². The molecular weight excluding hydrogens is 274 g/mol. The molecule has 1 aromatic carbocycles. The number of carbonyl (C=O) groups excluding carboxylic acids is 2. The van der Waals surface area contributed by atoms with Crippen LogP contribution in [-0.2, 0) is 9.53 Å². The summed E-state index contributed by atoms with van der Waals surface area (Å²) in [7, 11) is 0. The highest BCUT2D eigenvalue weighted by molar-refractivity contribution is 5.96. The summed E-state index contributed by atoms with van der Waals surface area (Å²) in [5.41, 5.74) is 0.256. The fourth-order valence-electron chi connectivity index (χ4n) is 1.77. The molecule has 21 heavy (non-hydrogen) atoms. The molecule has 1 amide bonds. The zero-order valence-corrected chi connectivity index (χ0v) is 12.0. The number of ether oxygens (including phenoxy) is 1. The van der Waals surface area contributed by atoms with Crippen LogP contribution in [0.4, 0.5) is 4.79 Å². The Morgan fingerprint density at radius 1 is 1.24 bits per heavy atom. The topological polar surface area (TPSA) is 92.7 Å². The van der Waals surface area contributed by atoms with E-state index in [0.29, 0.717) is 6.42 Å². The lowest BCUT2D eigenvalue weighted by molar-refractivity contribution is -0.137. The Morgan fingerprint density at radius 2 is 1.86 bits per heavy atom. The van der Waals surface area contributed by atoms with E-state index in [9.17, 15) is 14.4 Å². The van der Waals surface area contributed by atoms with Gasteiger partial charge in [-0.25, -0.2) is 9.59 Å². The molecule has 1 aromatic rings. The minimum absolute atomic E-state index is 0.0412. The quantitative estimate of drug-likeness (QED) is 0.620. The van der Waals surface area contributed by atoms with Gasteiger partial charge in [0.05, 0.1) is 12.0 Å². The number of nitrogens with one attached hydrogen (secondary N) is 1. The van der Waals surface area contributed by atoms with E-state index < -0.39 is 24.1 Å². The lowest BCUT2D eigenvalue weighted by atomic mass is 9.96. The summed E-state index contributed by atoms with van der Waals surface area (Å²) >= 11 is 0. The predicted octanol–water partition coefficient (Wildman–Crippen LogP) is 2.44. The van der Waals surface area contributed by atoms with Gasteiger partial charge in [0.15, 0.2) is 0 Å². The standard InChI is InChI=1S/C15H19NO5/c1-3-10(2)12(9-13(17)18)16-15(20)21-14(19)11-7-5-4-6-8-11/h4-8,10,12H,3,9H2,1-2H3,(H,16,20)(H,17,18)/t10-,12+/m0/s1. The van der Waals surface area contributed by atoms with E-state index in [0.717, 1.165) is 0 Å². The van der Waals surface area contributed by atoms with Crippen LogP contribution in [0.3, 0.4) is 0 Å². The fraction of sp³-hybridized carbons (Fsp3) is 0.400. The van der Waals surface area contributed by atoms with Crippen molar-refractivity contribution in [1.29, 1.82) is 0 Å². The number of esters is 1. The Hall–Kier alpha value is -2.37. The monoisotopic (exact) mass is 293 g/mol. The second-order valence-electron chi connectivity index (χ2n) is 4.78. The van der Waals surface area contributed by atoms with Gasteiger partial charge in [-0.05, 0) is 18.1 Å². The number of carbonyl (C=O) groups is 3. The third-order valence-corrected chi connectivity index (χ3v) is 3.22. The van der Waals surface area contributed by atoms with Crippen molar-refractivity contribution >= 4 is 18.0 Å². The second-order valence-corrected chi connectivity index (χ2v) is 4.78. The van der Waals surface area contributed by atoms with Gasteiger partial charge in [-0.1, -0.05) is 38.5 Å². The molecule has 1 rings (SSSR count). The summed E-state index contributed by atoms with van der Waals surface area (Å²) in [4.78, 5) is 34.2. The van der Waals surface area contributed by atoms with Crippen molar-refractivity contribution in [3.8, 4) is 0 Å². The normalized spacial score (nSPS) is 13.0. The van der Waals surface area contributed by atoms with Crippen molar-refractivity contribution in [3.63, 3.8) is 0 Å². The summed E-state index contributed by atoms with van der Waals surface area (Å²) in [6.07, 6.45) is -0.454. The largest absolute Gasteiger partial charge is 0.481 e.